The quantitative estimate of drug-likeness (QED) is 0.433. The van der Waals surface area contributed by atoms with Crippen LogP contribution in [0.5, 0.6) is 5.75 Å². The second-order valence-corrected chi connectivity index (χ2v) is 9.23. The van der Waals surface area contributed by atoms with E-state index in [0.29, 0.717) is 26.2 Å². The van der Waals surface area contributed by atoms with Crippen LogP contribution in [-0.4, -0.2) is 23.8 Å². The molecule has 0 radical (unpaired) electrons. The van der Waals surface area contributed by atoms with Gasteiger partial charge in [0, 0.05) is 4.47 Å². The summed E-state index contributed by atoms with van der Waals surface area (Å²) in [5, 5.41) is 0. The van der Waals surface area contributed by atoms with Gasteiger partial charge in [-0.25, -0.2) is 9.79 Å². The lowest BCUT2D eigenvalue weighted by atomic mass is 9.96. The SMILES string of the molecule is CCOC(=O)C1=C(C)N=c2sc(=Cc3ccc(OC(F)F)cc3)c(=O)n2C1c1ccc(Br)cc1. The van der Waals surface area contributed by atoms with Gasteiger partial charge < -0.3 is 9.47 Å². The molecule has 0 saturated heterocycles. The van der Waals surface area contributed by atoms with Crippen LogP contribution in [0.2, 0.25) is 0 Å². The van der Waals surface area contributed by atoms with Gasteiger partial charge in [0.05, 0.1) is 28.5 Å². The van der Waals surface area contributed by atoms with Gasteiger partial charge in [0.2, 0.25) is 0 Å². The molecule has 0 aliphatic carbocycles. The molecule has 0 spiro atoms. The van der Waals surface area contributed by atoms with Gasteiger partial charge >= 0.3 is 12.6 Å². The fourth-order valence-electron chi connectivity index (χ4n) is 3.65. The standard InChI is InChI=1S/C24H19BrF2N2O4S/c1-3-32-22(31)19-13(2)28-24-29(20(19)15-6-8-16(25)9-7-15)21(30)18(34-24)12-14-4-10-17(11-5-14)33-23(26)27/h4-12,20,23H,3H2,1-2H3. The van der Waals surface area contributed by atoms with Gasteiger partial charge in [0.1, 0.15) is 5.75 Å². The molecule has 0 amide bonds. The number of carbonyl (C=O) groups is 1. The van der Waals surface area contributed by atoms with Crippen LogP contribution in [0.3, 0.4) is 0 Å². The average molecular weight is 549 g/mol. The lowest BCUT2D eigenvalue weighted by molar-refractivity contribution is -0.139. The van der Waals surface area contributed by atoms with Crippen LogP contribution < -0.4 is 19.6 Å². The Balaban J connectivity index is 1.85. The maximum Gasteiger partial charge on any atom is 0.387 e. The molecule has 0 fully saturated rings. The molecule has 3 aromatic rings. The number of halogens is 3. The lowest BCUT2D eigenvalue weighted by Crippen LogP contribution is -2.39. The highest BCUT2D eigenvalue weighted by Crippen LogP contribution is 2.31. The van der Waals surface area contributed by atoms with Gasteiger partial charge in [-0.15, -0.1) is 0 Å². The molecule has 1 aromatic heterocycles. The number of nitrogens with zero attached hydrogens (tertiary/aromatic N) is 2. The van der Waals surface area contributed by atoms with E-state index in [1.807, 2.05) is 24.3 Å². The van der Waals surface area contributed by atoms with Crippen LogP contribution in [0.15, 0.2) is 74.1 Å². The van der Waals surface area contributed by atoms with Crippen molar-refractivity contribution in [2.45, 2.75) is 26.5 Å². The summed E-state index contributed by atoms with van der Waals surface area (Å²) < 4.78 is 37.2. The molecular weight excluding hydrogens is 530 g/mol. The number of ether oxygens (including phenoxy) is 2. The molecule has 1 aliphatic rings. The van der Waals surface area contributed by atoms with E-state index in [-0.39, 0.29) is 17.9 Å². The van der Waals surface area contributed by atoms with Crippen molar-refractivity contribution in [2.75, 3.05) is 6.61 Å². The number of hydrogen-bond donors (Lipinski definition) is 0. The Morgan fingerprint density at radius 1 is 1.21 bits per heavy atom. The van der Waals surface area contributed by atoms with E-state index in [4.69, 9.17) is 4.74 Å². The number of aromatic nitrogens is 1. The van der Waals surface area contributed by atoms with E-state index in [0.717, 1.165) is 10.0 Å². The number of esters is 1. The van der Waals surface area contributed by atoms with E-state index in [1.54, 1.807) is 32.1 Å². The minimum Gasteiger partial charge on any atom is -0.463 e. The number of fused-ring (bicyclic) bond motifs is 1. The minimum absolute atomic E-state index is 0.0264. The molecule has 176 valence electrons. The number of allylic oxidation sites excluding steroid dienone is 1. The zero-order chi connectivity index (χ0) is 24.4. The average Bonchev–Trinajstić information content (AvgIpc) is 3.09. The van der Waals surface area contributed by atoms with Crippen LogP contribution in [-0.2, 0) is 9.53 Å². The number of benzene rings is 2. The molecule has 6 nitrogen and oxygen atoms in total. The van der Waals surface area contributed by atoms with Gasteiger partial charge in [-0.3, -0.25) is 9.36 Å². The highest BCUT2D eigenvalue weighted by Gasteiger charge is 2.33. The van der Waals surface area contributed by atoms with Crippen molar-refractivity contribution in [1.82, 2.24) is 4.57 Å². The van der Waals surface area contributed by atoms with Crippen molar-refractivity contribution in [3.63, 3.8) is 0 Å². The summed E-state index contributed by atoms with van der Waals surface area (Å²) in [4.78, 5) is 31.3. The normalized spacial score (nSPS) is 15.8. The highest BCUT2D eigenvalue weighted by atomic mass is 79.9. The first-order valence-corrected chi connectivity index (χ1v) is 11.9. The molecule has 10 heteroatoms. The van der Waals surface area contributed by atoms with Crippen LogP contribution in [0.1, 0.15) is 31.0 Å². The lowest BCUT2D eigenvalue weighted by Gasteiger charge is -2.24. The molecule has 2 aromatic carbocycles. The van der Waals surface area contributed by atoms with Crippen LogP contribution in [0.25, 0.3) is 6.08 Å². The molecule has 0 bridgehead atoms. The number of rotatable bonds is 6. The van der Waals surface area contributed by atoms with Crippen molar-refractivity contribution < 1.29 is 23.0 Å². The maximum absolute atomic E-state index is 13.5. The summed E-state index contributed by atoms with van der Waals surface area (Å²) in [6.07, 6.45) is 1.65. The first-order chi connectivity index (χ1) is 16.3. The highest BCUT2D eigenvalue weighted by molar-refractivity contribution is 9.10. The van der Waals surface area contributed by atoms with Gasteiger partial charge in [0.25, 0.3) is 5.56 Å². The van der Waals surface area contributed by atoms with Crippen LogP contribution >= 0.6 is 27.3 Å². The first-order valence-electron chi connectivity index (χ1n) is 10.3. The molecule has 0 saturated carbocycles. The molecular formula is C24H19BrF2N2O4S. The largest absolute Gasteiger partial charge is 0.463 e. The van der Waals surface area contributed by atoms with E-state index < -0.39 is 18.6 Å². The van der Waals surface area contributed by atoms with E-state index in [1.165, 1.54) is 28.0 Å². The predicted octanol–water partition coefficient (Wildman–Crippen LogP) is 4.16. The van der Waals surface area contributed by atoms with Crippen molar-refractivity contribution in [1.29, 1.82) is 0 Å². The monoisotopic (exact) mass is 548 g/mol. The fourth-order valence-corrected chi connectivity index (χ4v) is 4.96. The van der Waals surface area contributed by atoms with E-state index >= 15 is 0 Å². The van der Waals surface area contributed by atoms with Gasteiger partial charge in [-0.1, -0.05) is 51.5 Å². The Morgan fingerprint density at radius 2 is 1.88 bits per heavy atom. The van der Waals surface area contributed by atoms with Crippen molar-refractivity contribution in [2.24, 2.45) is 4.99 Å². The summed E-state index contributed by atoms with van der Waals surface area (Å²) >= 11 is 4.60. The second kappa shape index (κ2) is 10.0. The molecule has 4 rings (SSSR count). The number of alkyl halides is 2. The minimum atomic E-state index is -2.91. The topological polar surface area (TPSA) is 69.9 Å². The third-order valence-corrected chi connectivity index (χ3v) is 6.62. The summed E-state index contributed by atoms with van der Waals surface area (Å²) in [7, 11) is 0. The molecule has 2 heterocycles. The van der Waals surface area contributed by atoms with Gasteiger partial charge in [-0.2, -0.15) is 8.78 Å². The Labute approximate surface area is 205 Å². The smallest absolute Gasteiger partial charge is 0.387 e. The van der Waals surface area contributed by atoms with E-state index in [2.05, 4.69) is 25.7 Å². The molecule has 34 heavy (non-hydrogen) atoms. The third-order valence-electron chi connectivity index (χ3n) is 5.11. The molecule has 0 N–H and O–H groups in total. The van der Waals surface area contributed by atoms with Crippen molar-refractivity contribution >= 4 is 39.3 Å². The first kappa shape index (κ1) is 24.0. The van der Waals surface area contributed by atoms with Crippen LogP contribution in [0.4, 0.5) is 8.78 Å². The molecule has 1 atom stereocenters. The summed E-state index contributed by atoms with van der Waals surface area (Å²) in [6, 6.07) is 12.6. The Morgan fingerprint density at radius 3 is 2.50 bits per heavy atom. The second-order valence-electron chi connectivity index (χ2n) is 7.30. The zero-order valence-corrected chi connectivity index (χ0v) is 20.5. The summed E-state index contributed by atoms with van der Waals surface area (Å²) in [5.41, 5.74) is 1.83. The number of hydrogen-bond acceptors (Lipinski definition) is 6. The fraction of sp³-hybridized carbons (Fsp3) is 0.208. The predicted molar refractivity (Wildman–Crippen MR) is 128 cm³/mol. The Hall–Kier alpha value is -3.11. The maximum atomic E-state index is 13.5. The Bertz CT molecular complexity index is 1430. The van der Waals surface area contributed by atoms with Gasteiger partial charge in [-0.05, 0) is 55.3 Å². The van der Waals surface area contributed by atoms with Gasteiger partial charge in [0.15, 0.2) is 4.80 Å². The van der Waals surface area contributed by atoms with Crippen LogP contribution in [0, 0.1) is 0 Å². The Kier molecular flexibility index (Phi) is 7.08. The van der Waals surface area contributed by atoms with E-state index in [9.17, 15) is 18.4 Å². The molecule has 1 unspecified atom stereocenters. The number of thiazole rings is 1. The molecule has 1 aliphatic heterocycles. The van der Waals surface area contributed by atoms with Crippen molar-refractivity contribution in [3.8, 4) is 5.75 Å². The summed E-state index contributed by atoms with van der Waals surface area (Å²) in [6.45, 7) is 0.717. The van der Waals surface area contributed by atoms with Crippen molar-refractivity contribution in [3.05, 3.63) is 95.1 Å². The number of carbonyl (C=O) groups excluding carboxylic acids is 1. The zero-order valence-electron chi connectivity index (χ0n) is 18.1. The summed E-state index contributed by atoms with van der Waals surface area (Å²) in [5.74, 6) is -0.501. The third kappa shape index (κ3) is 4.88.